The van der Waals surface area contributed by atoms with Gasteiger partial charge >= 0.3 is 0 Å². The Balaban J connectivity index is 1.44. The highest BCUT2D eigenvalue weighted by molar-refractivity contribution is 7.22. The van der Waals surface area contributed by atoms with Crippen LogP contribution in [0.3, 0.4) is 0 Å². The van der Waals surface area contributed by atoms with Gasteiger partial charge in [-0.15, -0.1) is 0 Å². The monoisotopic (exact) mass is 315 g/mol. The van der Waals surface area contributed by atoms with Crippen LogP contribution in [0.15, 0.2) is 18.2 Å². The zero-order valence-corrected chi connectivity index (χ0v) is 13.1. The summed E-state index contributed by atoms with van der Waals surface area (Å²) in [6.45, 7) is 4.20. The van der Waals surface area contributed by atoms with Crippen molar-refractivity contribution in [1.29, 1.82) is 0 Å². The summed E-state index contributed by atoms with van der Waals surface area (Å²) in [5.41, 5.74) is 2.26. The zero-order chi connectivity index (χ0) is 14.9. The van der Waals surface area contributed by atoms with Crippen LogP contribution in [0.2, 0.25) is 0 Å². The molecule has 2 N–H and O–H groups in total. The highest BCUT2D eigenvalue weighted by Gasteiger charge is 2.21. The molecular formula is C15H17N5OS. The number of aryl methyl sites for hydroxylation is 1. The predicted molar refractivity (Wildman–Crippen MR) is 86.2 cm³/mol. The second kappa shape index (κ2) is 5.66. The van der Waals surface area contributed by atoms with E-state index in [2.05, 4.69) is 50.6 Å². The van der Waals surface area contributed by atoms with E-state index < -0.39 is 0 Å². The minimum atomic E-state index is 0.329. The van der Waals surface area contributed by atoms with Crippen LogP contribution in [0.4, 0.5) is 5.13 Å². The number of nitrogens with zero attached hydrogens (tertiary/aromatic N) is 3. The van der Waals surface area contributed by atoms with Crippen molar-refractivity contribution in [1.82, 2.24) is 20.2 Å². The van der Waals surface area contributed by atoms with Gasteiger partial charge in [0.05, 0.1) is 23.4 Å². The van der Waals surface area contributed by atoms with Gasteiger partial charge in [0.15, 0.2) is 11.0 Å². The molecule has 0 aliphatic carbocycles. The van der Waals surface area contributed by atoms with Gasteiger partial charge in [-0.2, -0.15) is 5.10 Å². The van der Waals surface area contributed by atoms with Gasteiger partial charge in [-0.1, -0.05) is 17.4 Å². The van der Waals surface area contributed by atoms with E-state index in [1.165, 1.54) is 10.3 Å². The number of aromatic nitrogens is 4. The van der Waals surface area contributed by atoms with E-state index in [-0.39, 0.29) is 0 Å². The number of hydrogen-bond acceptors (Lipinski definition) is 6. The molecule has 0 amide bonds. The highest BCUT2D eigenvalue weighted by Crippen LogP contribution is 2.27. The Morgan fingerprint density at radius 3 is 3.23 bits per heavy atom. The van der Waals surface area contributed by atoms with Crippen molar-refractivity contribution < 1.29 is 4.74 Å². The van der Waals surface area contributed by atoms with Crippen LogP contribution >= 0.6 is 11.3 Å². The Kier molecular flexibility index (Phi) is 3.51. The smallest absolute Gasteiger partial charge is 0.184 e. The molecule has 0 saturated carbocycles. The molecule has 3 aromatic rings. The first-order chi connectivity index (χ1) is 10.8. The molecule has 2 aromatic heterocycles. The van der Waals surface area contributed by atoms with Crippen LogP contribution in [0.25, 0.3) is 10.2 Å². The number of fused-ring (bicyclic) bond motifs is 1. The quantitative estimate of drug-likeness (QED) is 0.774. The molecule has 1 saturated heterocycles. The minimum absolute atomic E-state index is 0.329. The van der Waals surface area contributed by atoms with E-state index in [1.807, 2.05) is 0 Å². The average Bonchev–Trinajstić information content (AvgIpc) is 3.24. The van der Waals surface area contributed by atoms with Crippen LogP contribution in [0.1, 0.15) is 29.6 Å². The van der Waals surface area contributed by atoms with Gasteiger partial charge in [0.25, 0.3) is 0 Å². The van der Waals surface area contributed by atoms with Crippen molar-refractivity contribution in [2.45, 2.75) is 25.8 Å². The number of H-pyrrole nitrogens is 1. The van der Waals surface area contributed by atoms with Crippen LogP contribution in [0.5, 0.6) is 0 Å². The fraction of sp³-hybridized carbons (Fsp3) is 0.400. The first kappa shape index (κ1) is 13.7. The van der Waals surface area contributed by atoms with E-state index in [0.717, 1.165) is 41.9 Å². The largest absolute Gasteiger partial charge is 0.381 e. The molecule has 0 bridgehead atoms. The molecule has 1 fully saturated rings. The van der Waals surface area contributed by atoms with E-state index in [9.17, 15) is 0 Å². The lowest BCUT2D eigenvalue weighted by Crippen LogP contribution is -2.02. The van der Waals surface area contributed by atoms with Gasteiger partial charge < -0.3 is 10.1 Å². The normalized spacial score (nSPS) is 18.1. The average molecular weight is 315 g/mol. The third kappa shape index (κ3) is 2.69. The summed E-state index contributed by atoms with van der Waals surface area (Å²) >= 11 is 1.65. The van der Waals surface area contributed by atoms with Crippen molar-refractivity contribution in [3.63, 3.8) is 0 Å². The number of rotatable bonds is 4. The molecule has 1 atom stereocenters. The number of benzene rings is 1. The van der Waals surface area contributed by atoms with E-state index in [4.69, 9.17) is 4.74 Å². The maximum Gasteiger partial charge on any atom is 0.184 e. The van der Waals surface area contributed by atoms with Crippen LogP contribution in [-0.4, -0.2) is 33.4 Å². The molecule has 0 spiro atoms. The molecular weight excluding hydrogens is 298 g/mol. The summed E-state index contributed by atoms with van der Waals surface area (Å²) in [5, 5.41) is 11.5. The van der Waals surface area contributed by atoms with E-state index >= 15 is 0 Å². The van der Waals surface area contributed by atoms with Crippen LogP contribution < -0.4 is 5.32 Å². The predicted octanol–water partition coefficient (Wildman–Crippen LogP) is 2.84. The van der Waals surface area contributed by atoms with E-state index in [1.54, 1.807) is 11.3 Å². The molecule has 0 radical (unpaired) electrons. The third-order valence-corrected chi connectivity index (χ3v) is 4.79. The van der Waals surface area contributed by atoms with Gasteiger partial charge in [0.1, 0.15) is 5.82 Å². The summed E-state index contributed by atoms with van der Waals surface area (Å²) in [7, 11) is 0. The molecule has 22 heavy (non-hydrogen) atoms. The fourth-order valence-corrected chi connectivity index (χ4v) is 3.42. The number of thiazole rings is 1. The molecule has 1 aliphatic rings. The Bertz CT molecular complexity index is 790. The fourth-order valence-electron chi connectivity index (χ4n) is 2.58. The lowest BCUT2D eigenvalue weighted by Gasteiger charge is -1.99. The first-order valence-electron chi connectivity index (χ1n) is 7.38. The van der Waals surface area contributed by atoms with Gasteiger partial charge in [-0.3, -0.25) is 5.10 Å². The summed E-state index contributed by atoms with van der Waals surface area (Å²) in [6.07, 6.45) is 1.00. The van der Waals surface area contributed by atoms with Crippen molar-refractivity contribution in [2.24, 2.45) is 0 Å². The maximum atomic E-state index is 5.38. The molecule has 6 nitrogen and oxygen atoms in total. The summed E-state index contributed by atoms with van der Waals surface area (Å²) in [5.74, 6) is 2.02. The van der Waals surface area contributed by atoms with Crippen LogP contribution in [-0.2, 0) is 11.3 Å². The molecule has 7 heteroatoms. The van der Waals surface area contributed by atoms with Crippen molar-refractivity contribution in [3.8, 4) is 0 Å². The van der Waals surface area contributed by atoms with Gasteiger partial charge in [-0.05, 0) is 31.0 Å². The Morgan fingerprint density at radius 1 is 1.41 bits per heavy atom. The Hall–Kier alpha value is -1.99. The van der Waals surface area contributed by atoms with Gasteiger partial charge in [0.2, 0.25) is 0 Å². The molecule has 1 aromatic carbocycles. The number of nitrogens with one attached hydrogen (secondary N) is 2. The van der Waals surface area contributed by atoms with E-state index in [0.29, 0.717) is 12.5 Å². The van der Waals surface area contributed by atoms with Crippen LogP contribution in [0, 0.1) is 6.92 Å². The number of aromatic amines is 1. The topological polar surface area (TPSA) is 75.7 Å². The molecule has 4 rings (SSSR count). The SMILES string of the molecule is Cc1ccc2sc(NCc3nc(C4CCOC4)n[nH]3)nc2c1. The zero-order valence-electron chi connectivity index (χ0n) is 12.3. The number of ether oxygens (including phenoxy) is 1. The summed E-state index contributed by atoms with van der Waals surface area (Å²) in [6, 6.07) is 6.32. The first-order valence-corrected chi connectivity index (χ1v) is 8.19. The minimum Gasteiger partial charge on any atom is -0.381 e. The highest BCUT2D eigenvalue weighted by atomic mass is 32.1. The van der Waals surface area contributed by atoms with Crippen molar-refractivity contribution >= 4 is 26.7 Å². The molecule has 1 aliphatic heterocycles. The molecule has 1 unspecified atom stereocenters. The van der Waals surface area contributed by atoms with Gasteiger partial charge in [-0.25, -0.2) is 9.97 Å². The number of anilines is 1. The molecule has 114 valence electrons. The third-order valence-electron chi connectivity index (χ3n) is 3.79. The van der Waals surface area contributed by atoms with Crippen molar-refractivity contribution in [3.05, 3.63) is 35.4 Å². The summed E-state index contributed by atoms with van der Waals surface area (Å²) in [4.78, 5) is 9.14. The Labute approximate surface area is 131 Å². The maximum absolute atomic E-state index is 5.38. The molecule has 3 heterocycles. The van der Waals surface area contributed by atoms with Crippen molar-refractivity contribution in [2.75, 3.05) is 18.5 Å². The lowest BCUT2D eigenvalue weighted by atomic mass is 10.1. The van der Waals surface area contributed by atoms with Gasteiger partial charge in [0, 0.05) is 12.5 Å². The second-order valence-corrected chi connectivity index (χ2v) is 6.58. The second-order valence-electron chi connectivity index (χ2n) is 5.54. The number of hydrogen-bond donors (Lipinski definition) is 2. The standard InChI is InChI=1S/C15H17N5OS/c1-9-2-3-12-11(6-9)17-15(22-12)16-7-13-18-14(20-19-13)10-4-5-21-8-10/h2-3,6,10H,4-5,7-8H2,1H3,(H,16,17)(H,18,19,20). The lowest BCUT2D eigenvalue weighted by molar-refractivity contribution is 0.193. The summed E-state index contributed by atoms with van der Waals surface area (Å²) < 4.78 is 6.56. The Morgan fingerprint density at radius 2 is 2.36 bits per heavy atom.